The summed E-state index contributed by atoms with van der Waals surface area (Å²) in [5.41, 5.74) is 7.79. The summed E-state index contributed by atoms with van der Waals surface area (Å²) in [5, 5.41) is 0. The summed E-state index contributed by atoms with van der Waals surface area (Å²) in [6.07, 6.45) is 5.55. The molecular weight excluding hydrogens is 306 g/mol. The Kier molecular flexibility index (Phi) is 5.23. The minimum atomic E-state index is -0.196. The van der Waals surface area contributed by atoms with Crippen molar-refractivity contribution in [2.24, 2.45) is 11.8 Å². The molecule has 6 heteroatoms. The van der Waals surface area contributed by atoms with Crippen molar-refractivity contribution in [1.82, 2.24) is 4.98 Å². The van der Waals surface area contributed by atoms with Gasteiger partial charge in [-0.05, 0) is 31.6 Å². The maximum Gasteiger partial charge on any atom is 0.315 e. The van der Waals surface area contributed by atoms with Gasteiger partial charge in [0, 0.05) is 31.9 Å². The first-order valence-corrected chi connectivity index (χ1v) is 8.86. The molecule has 0 atom stereocenters. The zero-order valence-electron chi connectivity index (χ0n) is 14.5. The molecule has 0 amide bonds. The van der Waals surface area contributed by atoms with Crippen LogP contribution in [0.15, 0.2) is 12.3 Å². The zero-order chi connectivity index (χ0) is 17.1. The van der Waals surface area contributed by atoms with Gasteiger partial charge in [0.1, 0.15) is 0 Å². The molecule has 1 saturated heterocycles. The molecule has 2 aliphatic rings. The molecule has 2 heterocycles. The van der Waals surface area contributed by atoms with Gasteiger partial charge >= 0.3 is 5.97 Å². The SMILES string of the molecule is CC(C)CN(c1cnc(OC(=O)C2CC2)cc1N)C1CCOCC1. The van der Waals surface area contributed by atoms with Gasteiger partial charge in [0.25, 0.3) is 0 Å². The average Bonchev–Trinajstić information content (AvgIpc) is 3.39. The van der Waals surface area contributed by atoms with Crippen molar-refractivity contribution in [2.45, 2.75) is 45.6 Å². The van der Waals surface area contributed by atoms with Gasteiger partial charge in [0.05, 0.1) is 23.5 Å². The number of esters is 1. The van der Waals surface area contributed by atoms with E-state index in [4.69, 9.17) is 15.2 Å². The van der Waals surface area contributed by atoms with Crippen molar-refractivity contribution in [1.29, 1.82) is 0 Å². The number of nitrogen functional groups attached to an aromatic ring is 1. The largest absolute Gasteiger partial charge is 0.407 e. The van der Waals surface area contributed by atoms with E-state index in [1.165, 1.54) is 0 Å². The van der Waals surface area contributed by atoms with Crippen molar-refractivity contribution in [3.8, 4) is 5.88 Å². The van der Waals surface area contributed by atoms with Crippen LogP contribution in [0.5, 0.6) is 5.88 Å². The number of nitrogens with zero attached hydrogens (tertiary/aromatic N) is 2. The van der Waals surface area contributed by atoms with Gasteiger partial charge in [0.2, 0.25) is 5.88 Å². The highest BCUT2D eigenvalue weighted by Crippen LogP contribution is 2.33. The molecule has 24 heavy (non-hydrogen) atoms. The number of rotatable bonds is 6. The van der Waals surface area contributed by atoms with E-state index in [1.54, 1.807) is 12.3 Å². The molecule has 2 N–H and O–H groups in total. The van der Waals surface area contributed by atoms with Gasteiger partial charge in [-0.3, -0.25) is 4.79 Å². The minimum absolute atomic E-state index is 0.0485. The summed E-state index contributed by atoms with van der Waals surface area (Å²) in [6.45, 7) is 6.87. The van der Waals surface area contributed by atoms with Gasteiger partial charge in [0.15, 0.2) is 0 Å². The maximum atomic E-state index is 11.8. The fourth-order valence-corrected chi connectivity index (χ4v) is 3.08. The Morgan fingerprint density at radius 1 is 1.38 bits per heavy atom. The number of pyridine rings is 1. The number of aromatic nitrogens is 1. The summed E-state index contributed by atoms with van der Waals surface area (Å²) in [4.78, 5) is 18.4. The zero-order valence-corrected chi connectivity index (χ0v) is 14.5. The fourth-order valence-electron chi connectivity index (χ4n) is 3.08. The third kappa shape index (κ3) is 4.17. The lowest BCUT2D eigenvalue weighted by Crippen LogP contribution is -2.42. The van der Waals surface area contributed by atoms with Crippen molar-refractivity contribution in [3.05, 3.63) is 12.3 Å². The smallest absolute Gasteiger partial charge is 0.315 e. The summed E-state index contributed by atoms with van der Waals surface area (Å²) in [7, 11) is 0. The number of ether oxygens (including phenoxy) is 2. The van der Waals surface area contributed by atoms with Crippen molar-refractivity contribution < 1.29 is 14.3 Å². The lowest BCUT2D eigenvalue weighted by Gasteiger charge is -2.37. The molecular formula is C18H27N3O3. The molecule has 1 aromatic heterocycles. The maximum absolute atomic E-state index is 11.8. The minimum Gasteiger partial charge on any atom is -0.407 e. The lowest BCUT2D eigenvalue weighted by molar-refractivity contribution is -0.136. The summed E-state index contributed by atoms with van der Waals surface area (Å²) >= 11 is 0. The monoisotopic (exact) mass is 333 g/mol. The summed E-state index contributed by atoms with van der Waals surface area (Å²) < 4.78 is 10.8. The van der Waals surface area contributed by atoms with Crippen LogP contribution < -0.4 is 15.4 Å². The molecule has 1 aliphatic heterocycles. The van der Waals surface area contributed by atoms with Gasteiger partial charge in [-0.2, -0.15) is 0 Å². The Balaban J connectivity index is 1.76. The van der Waals surface area contributed by atoms with E-state index in [1.807, 2.05) is 0 Å². The van der Waals surface area contributed by atoms with Crippen LogP contribution in [-0.4, -0.2) is 36.8 Å². The highest BCUT2D eigenvalue weighted by molar-refractivity contribution is 5.78. The van der Waals surface area contributed by atoms with E-state index < -0.39 is 0 Å². The van der Waals surface area contributed by atoms with Crippen LogP contribution in [0.2, 0.25) is 0 Å². The standard InChI is InChI=1S/C18H27N3O3/c1-12(2)11-21(14-5-7-23-8-6-14)16-10-20-17(9-15(16)19)24-18(22)13-3-4-13/h9-10,12-14H,3-8,11H2,1-2H3,(H2,19,20). The summed E-state index contributed by atoms with van der Waals surface area (Å²) in [5.74, 6) is 0.662. The number of nitrogens with two attached hydrogens (primary N) is 1. The molecule has 0 radical (unpaired) electrons. The van der Waals surface area contributed by atoms with Crippen LogP contribution in [-0.2, 0) is 9.53 Å². The predicted molar refractivity (Wildman–Crippen MR) is 93.0 cm³/mol. The van der Waals surface area contributed by atoms with E-state index in [0.717, 1.165) is 51.1 Å². The molecule has 1 aromatic rings. The third-order valence-corrected chi connectivity index (χ3v) is 4.51. The Bertz CT molecular complexity index is 581. The molecule has 3 rings (SSSR count). The molecule has 2 fully saturated rings. The summed E-state index contributed by atoms with van der Waals surface area (Å²) in [6, 6.07) is 2.08. The number of anilines is 2. The number of hydrogen-bond acceptors (Lipinski definition) is 6. The second-order valence-corrected chi connectivity index (χ2v) is 7.17. The Morgan fingerprint density at radius 2 is 2.08 bits per heavy atom. The van der Waals surface area contributed by atoms with E-state index in [9.17, 15) is 4.79 Å². The van der Waals surface area contributed by atoms with E-state index in [2.05, 4.69) is 23.7 Å². The van der Waals surface area contributed by atoms with Gasteiger partial charge in [-0.15, -0.1) is 0 Å². The Hall–Kier alpha value is -1.82. The van der Waals surface area contributed by atoms with Gasteiger partial charge < -0.3 is 20.1 Å². The highest BCUT2D eigenvalue weighted by atomic mass is 16.5. The van der Waals surface area contributed by atoms with Crippen LogP contribution in [0.4, 0.5) is 11.4 Å². The van der Waals surface area contributed by atoms with Crippen LogP contribution >= 0.6 is 0 Å². The molecule has 1 saturated carbocycles. The van der Waals surface area contributed by atoms with Crippen LogP contribution in [0.1, 0.15) is 39.5 Å². The lowest BCUT2D eigenvalue weighted by atomic mass is 10.0. The predicted octanol–water partition coefficient (Wildman–Crippen LogP) is 2.62. The Labute approximate surface area is 143 Å². The van der Waals surface area contributed by atoms with Crippen molar-refractivity contribution in [3.63, 3.8) is 0 Å². The van der Waals surface area contributed by atoms with Gasteiger partial charge in [-0.25, -0.2) is 4.98 Å². The second kappa shape index (κ2) is 7.38. The number of hydrogen-bond donors (Lipinski definition) is 1. The molecule has 0 unspecified atom stereocenters. The first-order valence-electron chi connectivity index (χ1n) is 8.86. The molecule has 132 valence electrons. The fraction of sp³-hybridized carbons (Fsp3) is 0.667. The number of carbonyl (C=O) groups is 1. The molecule has 6 nitrogen and oxygen atoms in total. The van der Waals surface area contributed by atoms with Crippen molar-refractivity contribution in [2.75, 3.05) is 30.4 Å². The first-order chi connectivity index (χ1) is 11.5. The van der Waals surface area contributed by atoms with Gasteiger partial charge in [-0.1, -0.05) is 13.8 Å². The number of carbonyl (C=O) groups excluding carboxylic acids is 1. The first kappa shape index (κ1) is 17.0. The topological polar surface area (TPSA) is 77.7 Å². The van der Waals surface area contributed by atoms with Crippen molar-refractivity contribution >= 4 is 17.3 Å². The quantitative estimate of drug-likeness (QED) is 0.806. The molecule has 0 bridgehead atoms. The third-order valence-electron chi connectivity index (χ3n) is 4.51. The highest BCUT2D eigenvalue weighted by Gasteiger charge is 2.32. The van der Waals surface area contributed by atoms with Crippen LogP contribution in [0.25, 0.3) is 0 Å². The van der Waals surface area contributed by atoms with E-state index >= 15 is 0 Å². The van der Waals surface area contributed by atoms with E-state index in [-0.39, 0.29) is 11.9 Å². The van der Waals surface area contributed by atoms with Crippen LogP contribution in [0.3, 0.4) is 0 Å². The normalized spacial score (nSPS) is 18.6. The second-order valence-electron chi connectivity index (χ2n) is 7.17. The van der Waals surface area contributed by atoms with Crippen LogP contribution in [0, 0.1) is 11.8 Å². The average molecular weight is 333 g/mol. The molecule has 1 aliphatic carbocycles. The molecule has 0 spiro atoms. The molecule has 0 aromatic carbocycles. The van der Waals surface area contributed by atoms with E-state index in [0.29, 0.717) is 23.5 Å². The Morgan fingerprint density at radius 3 is 2.67 bits per heavy atom.